The number of thiophene rings is 1. The van der Waals surface area contributed by atoms with Crippen molar-refractivity contribution in [2.75, 3.05) is 19.6 Å². The van der Waals surface area contributed by atoms with Crippen molar-refractivity contribution in [2.45, 2.75) is 38.7 Å². The monoisotopic (exact) mass is 295 g/mol. The second-order valence-electron chi connectivity index (χ2n) is 5.23. The fraction of sp³-hybridized carbons (Fsp3) is 0.667. The van der Waals surface area contributed by atoms with Crippen LogP contribution in [0.15, 0.2) is 22.5 Å². The van der Waals surface area contributed by atoms with Crippen LogP contribution in [0.25, 0.3) is 0 Å². The topological polar surface area (TPSA) is 56.7 Å². The summed E-state index contributed by atoms with van der Waals surface area (Å²) in [5.74, 6) is 1.20. The van der Waals surface area contributed by atoms with E-state index in [9.17, 15) is 5.11 Å². The Labute approximate surface area is 125 Å². The van der Waals surface area contributed by atoms with Crippen LogP contribution in [0.2, 0.25) is 0 Å². The number of nitrogens with one attached hydrogen (secondary N) is 2. The highest BCUT2D eigenvalue weighted by atomic mass is 32.1. The average molecular weight is 295 g/mol. The minimum Gasteiger partial charge on any atom is -0.393 e. The number of nitrogens with zero attached hydrogens (tertiary/aromatic N) is 1. The molecule has 1 aromatic rings. The minimum atomic E-state index is -0.159. The van der Waals surface area contributed by atoms with Gasteiger partial charge < -0.3 is 15.7 Å². The van der Waals surface area contributed by atoms with E-state index in [1.165, 1.54) is 4.88 Å². The first-order chi connectivity index (χ1) is 9.79. The van der Waals surface area contributed by atoms with Crippen LogP contribution in [-0.2, 0) is 6.42 Å². The molecule has 0 radical (unpaired) electrons. The minimum absolute atomic E-state index is 0.159. The predicted molar refractivity (Wildman–Crippen MR) is 85.4 cm³/mol. The van der Waals surface area contributed by atoms with Crippen LogP contribution in [0.1, 0.15) is 31.1 Å². The van der Waals surface area contributed by atoms with E-state index in [4.69, 9.17) is 0 Å². The Morgan fingerprint density at radius 3 is 3.00 bits per heavy atom. The Morgan fingerprint density at radius 1 is 1.45 bits per heavy atom. The van der Waals surface area contributed by atoms with Gasteiger partial charge in [0.1, 0.15) is 0 Å². The van der Waals surface area contributed by atoms with E-state index < -0.39 is 0 Å². The predicted octanol–water partition coefficient (Wildman–Crippen LogP) is 2.01. The summed E-state index contributed by atoms with van der Waals surface area (Å²) in [6.07, 6.45) is 4.02. The van der Waals surface area contributed by atoms with Gasteiger partial charge in [-0.2, -0.15) is 0 Å². The van der Waals surface area contributed by atoms with Crippen LogP contribution >= 0.6 is 11.3 Å². The molecule has 1 heterocycles. The summed E-state index contributed by atoms with van der Waals surface area (Å²) in [5.41, 5.74) is 0. The molecule has 2 unspecified atom stereocenters. The lowest BCUT2D eigenvalue weighted by molar-refractivity contribution is 0.136. The summed E-state index contributed by atoms with van der Waals surface area (Å²) >= 11 is 1.79. The highest BCUT2D eigenvalue weighted by Gasteiger charge is 2.24. The Balaban J connectivity index is 1.76. The maximum absolute atomic E-state index is 9.82. The van der Waals surface area contributed by atoms with Crippen molar-refractivity contribution in [3.8, 4) is 0 Å². The molecule has 0 aromatic carbocycles. The van der Waals surface area contributed by atoms with E-state index in [-0.39, 0.29) is 6.10 Å². The van der Waals surface area contributed by atoms with Gasteiger partial charge in [-0.25, -0.2) is 0 Å². The van der Waals surface area contributed by atoms with Crippen molar-refractivity contribution in [1.29, 1.82) is 0 Å². The zero-order valence-electron chi connectivity index (χ0n) is 12.1. The largest absolute Gasteiger partial charge is 0.393 e. The summed E-state index contributed by atoms with van der Waals surface area (Å²) < 4.78 is 0. The third-order valence-electron chi connectivity index (χ3n) is 3.69. The summed E-state index contributed by atoms with van der Waals surface area (Å²) in [7, 11) is 0. The average Bonchev–Trinajstić information content (AvgIpc) is 3.08. The molecule has 1 aliphatic carbocycles. The lowest BCUT2D eigenvalue weighted by Crippen LogP contribution is -2.38. The number of hydrogen-bond donors (Lipinski definition) is 3. The molecule has 112 valence electrons. The Morgan fingerprint density at radius 2 is 2.35 bits per heavy atom. The van der Waals surface area contributed by atoms with E-state index in [2.05, 4.69) is 40.1 Å². The molecule has 0 saturated heterocycles. The zero-order chi connectivity index (χ0) is 14.2. The van der Waals surface area contributed by atoms with Gasteiger partial charge in [-0.3, -0.25) is 4.99 Å². The number of aliphatic hydroxyl groups excluding tert-OH is 1. The Kier molecular flexibility index (Phi) is 6.33. The fourth-order valence-electron chi connectivity index (χ4n) is 2.54. The first-order valence-electron chi connectivity index (χ1n) is 7.52. The molecular formula is C15H25N3OS. The molecule has 0 spiro atoms. The van der Waals surface area contributed by atoms with Crippen LogP contribution in [0.5, 0.6) is 0 Å². The van der Waals surface area contributed by atoms with Gasteiger partial charge in [0.05, 0.1) is 6.10 Å². The molecule has 2 rings (SSSR count). The standard InChI is InChI=1S/C15H25N3OS/c1-2-16-15(17-9-8-13-6-4-10-20-13)18-11-12-5-3-7-14(12)19/h4,6,10,12,14,19H,2-3,5,7-9,11H2,1H3,(H2,16,17,18). The molecule has 3 N–H and O–H groups in total. The summed E-state index contributed by atoms with van der Waals surface area (Å²) in [4.78, 5) is 5.99. The van der Waals surface area contributed by atoms with Crippen LogP contribution < -0.4 is 10.6 Å². The van der Waals surface area contributed by atoms with Gasteiger partial charge in [0.25, 0.3) is 0 Å². The summed E-state index contributed by atoms with van der Waals surface area (Å²) in [6.45, 7) is 4.54. The van der Waals surface area contributed by atoms with Crippen LogP contribution in [0, 0.1) is 5.92 Å². The lowest BCUT2D eigenvalue weighted by Gasteiger charge is -2.14. The van der Waals surface area contributed by atoms with E-state index in [0.29, 0.717) is 5.92 Å². The number of hydrogen-bond acceptors (Lipinski definition) is 3. The molecule has 2 atom stereocenters. The number of guanidine groups is 1. The van der Waals surface area contributed by atoms with Crippen molar-refractivity contribution in [2.24, 2.45) is 10.9 Å². The maximum atomic E-state index is 9.82. The lowest BCUT2D eigenvalue weighted by atomic mass is 10.1. The van der Waals surface area contributed by atoms with Gasteiger partial charge in [0, 0.05) is 30.4 Å². The van der Waals surface area contributed by atoms with Crippen LogP contribution in [0.4, 0.5) is 0 Å². The molecule has 1 saturated carbocycles. The molecule has 1 aliphatic rings. The van der Waals surface area contributed by atoms with E-state index in [1.54, 1.807) is 11.3 Å². The molecule has 0 aliphatic heterocycles. The fourth-order valence-corrected chi connectivity index (χ4v) is 3.25. The van der Waals surface area contributed by atoms with E-state index >= 15 is 0 Å². The molecular weight excluding hydrogens is 270 g/mol. The van der Waals surface area contributed by atoms with Crippen molar-refractivity contribution in [3.05, 3.63) is 22.4 Å². The third-order valence-corrected chi connectivity index (χ3v) is 4.63. The normalized spacial score (nSPS) is 23.0. The van der Waals surface area contributed by atoms with Crippen molar-refractivity contribution >= 4 is 17.3 Å². The first-order valence-corrected chi connectivity index (χ1v) is 8.40. The molecule has 20 heavy (non-hydrogen) atoms. The Hall–Kier alpha value is -1.07. The SMILES string of the molecule is CCNC(=NCC1CCCC1O)NCCc1cccs1. The summed E-state index contributed by atoms with van der Waals surface area (Å²) in [6, 6.07) is 4.24. The van der Waals surface area contributed by atoms with E-state index in [1.807, 2.05) is 0 Å². The highest BCUT2D eigenvalue weighted by molar-refractivity contribution is 7.09. The number of rotatable bonds is 6. The van der Waals surface area contributed by atoms with Gasteiger partial charge in [0.15, 0.2) is 5.96 Å². The molecule has 1 aromatic heterocycles. The molecule has 1 fully saturated rings. The van der Waals surface area contributed by atoms with Gasteiger partial charge >= 0.3 is 0 Å². The van der Waals surface area contributed by atoms with Crippen molar-refractivity contribution < 1.29 is 5.11 Å². The van der Waals surface area contributed by atoms with Gasteiger partial charge in [0.2, 0.25) is 0 Å². The highest BCUT2D eigenvalue weighted by Crippen LogP contribution is 2.25. The molecule has 0 bridgehead atoms. The van der Waals surface area contributed by atoms with Gasteiger partial charge in [-0.15, -0.1) is 11.3 Å². The smallest absolute Gasteiger partial charge is 0.191 e. The van der Waals surface area contributed by atoms with Crippen molar-refractivity contribution in [3.63, 3.8) is 0 Å². The number of aliphatic imine (C=N–C) groups is 1. The van der Waals surface area contributed by atoms with Gasteiger partial charge in [-0.1, -0.05) is 12.5 Å². The number of aliphatic hydroxyl groups is 1. The Bertz CT molecular complexity index is 405. The molecule has 5 heteroatoms. The second-order valence-corrected chi connectivity index (χ2v) is 6.27. The first kappa shape index (κ1) is 15.3. The van der Waals surface area contributed by atoms with Crippen molar-refractivity contribution in [1.82, 2.24) is 10.6 Å². The zero-order valence-corrected chi connectivity index (χ0v) is 13.0. The van der Waals surface area contributed by atoms with E-state index in [0.717, 1.165) is 51.3 Å². The van der Waals surface area contributed by atoms with Gasteiger partial charge in [-0.05, 0) is 37.6 Å². The molecule has 0 amide bonds. The third kappa shape index (κ3) is 4.80. The van der Waals surface area contributed by atoms with Crippen LogP contribution in [-0.4, -0.2) is 36.8 Å². The quantitative estimate of drug-likeness (QED) is 0.556. The molecule has 4 nitrogen and oxygen atoms in total. The van der Waals surface area contributed by atoms with Crippen LogP contribution in [0.3, 0.4) is 0 Å². The summed E-state index contributed by atoms with van der Waals surface area (Å²) in [5, 5.41) is 18.6. The maximum Gasteiger partial charge on any atom is 0.191 e. The second kappa shape index (κ2) is 8.27.